The quantitative estimate of drug-likeness (QED) is 0.909. The minimum Gasteiger partial charge on any atom is -0.344 e. The number of amides is 2. The fourth-order valence-corrected chi connectivity index (χ4v) is 1.86. The lowest BCUT2D eigenvalue weighted by Gasteiger charge is -2.21. The van der Waals surface area contributed by atoms with Gasteiger partial charge in [0, 0.05) is 29.2 Å². The van der Waals surface area contributed by atoms with E-state index in [1.165, 1.54) is 0 Å². The van der Waals surface area contributed by atoms with Crippen molar-refractivity contribution >= 4 is 17.5 Å². The number of hydrogen-bond donors (Lipinski definition) is 2. The van der Waals surface area contributed by atoms with E-state index in [1.54, 1.807) is 19.4 Å². The summed E-state index contributed by atoms with van der Waals surface area (Å²) >= 11 is 0. The van der Waals surface area contributed by atoms with Crippen molar-refractivity contribution in [2.45, 2.75) is 33.7 Å². The van der Waals surface area contributed by atoms with Gasteiger partial charge in [-0.3, -0.25) is 9.59 Å². The normalized spacial score (nSPS) is 12.5. The average molecular weight is 314 g/mol. The number of hydrogen-bond acceptors (Lipinski definition) is 3. The first-order valence-corrected chi connectivity index (χ1v) is 7.47. The summed E-state index contributed by atoms with van der Waals surface area (Å²) in [6.45, 7) is 7.09. The zero-order valence-electron chi connectivity index (χ0n) is 13.8. The lowest BCUT2D eigenvalue weighted by atomic mass is 9.95. The van der Waals surface area contributed by atoms with Crippen molar-refractivity contribution in [1.29, 1.82) is 0 Å². The third-order valence-corrected chi connectivity index (χ3v) is 3.36. The highest BCUT2D eigenvalue weighted by Gasteiger charge is 2.25. The molecule has 2 rings (SSSR count). The van der Waals surface area contributed by atoms with Crippen LogP contribution < -0.4 is 10.6 Å². The molecule has 0 aliphatic carbocycles. The van der Waals surface area contributed by atoms with Crippen LogP contribution in [0.25, 0.3) is 5.69 Å². The van der Waals surface area contributed by atoms with E-state index in [-0.39, 0.29) is 11.8 Å². The predicted octanol–water partition coefficient (Wildman–Crippen LogP) is 2.36. The molecule has 1 unspecified atom stereocenters. The van der Waals surface area contributed by atoms with Gasteiger partial charge in [-0.1, -0.05) is 20.8 Å². The molecule has 6 heteroatoms. The maximum Gasteiger partial charge on any atom is 0.246 e. The van der Waals surface area contributed by atoms with Crippen LogP contribution in [0.15, 0.2) is 43.0 Å². The molecule has 23 heavy (non-hydrogen) atoms. The summed E-state index contributed by atoms with van der Waals surface area (Å²) in [5.41, 5.74) is 1.10. The maximum atomic E-state index is 12.1. The van der Waals surface area contributed by atoms with Gasteiger partial charge in [0.05, 0.1) is 6.33 Å². The van der Waals surface area contributed by atoms with Crippen molar-refractivity contribution in [3.63, 3.8) is 0 Å². The molecular weight excluding hydrogens is 292 g/mol. The second-order valence-corrected chi connectivity index (χ2v) is 6.45. The summed E-state index contributed by atoms with van der Waals surface area (Å²) in [4.78, 5) is 28.0. The SMILES string of the molecule is CC(NC(=O)C(C)(C)C)C(=O)Nc1ccc(-n2ccnc2)cc1. The van der Waals surface area contributed by atoms with Gasteiger partial charge < -0.3 is 15.2 Å². The molecule has 2 amide bonds. The van der Waals surface area contributed by atoms with Crippen LogP contribution in [0.1, 0.15) is 27.7 Å². The van der Waals surface area contributed by atoms with E-state index in [1.807, 2.05) is 55.8 Å². The number of nitrogens with zero attached hydrogens (tertiary/aromatic N) is 2. The lowest BCUT2D eigenvalue weighted by molar-refractivity contribution is -0.131. The van der Waals surface area contributed by atoms with E-state index in [0.29, 0.717) is 5.69 Å². The Morgan fingerprint density at radius 2 is 1.83 bits per heavy atom. The minimum atomic E-state index is -0.602. The smallest absolute Gasteiger partial charge is 0.246 e. The fourth-order valence-electron chi connectivity index (χ4n) is 1.86. The van der Waals surface area contributed by atoms with Crippen LogP contribution in [-0.2, 0) is 9.59 Å². The number of imidazole rings is 1. The van der Waals surface area contributed by atoms with Gasteiger partial charge >= 0.3 is 0 Å². The first-order valence-electron chi connectivity index (χ1n) is 7.47. The molecule has 1 aromatic carbocycles. The summed E-state index contributed by atoms with van der Waals surface area (Å²) in [5, 5.41) is 5.50. The van der Waals surface area contributed by atoms with Gasteiger partial charge in [0.15, 0.2) is 0 Å². The van der Waals surface area contributed by atoms with Crippen molar-refractivity contribution in [2.24, 2.45) is 5.41 Å². The van der Waals surface area contributed by atoms with E-state index >= 15 is 0 Å². The first-order chi connectivity index (χ1) is 10.8. The van der Waals surface area contributed by atoms with Crippen molar-refractivity contribution < 1.29 is 9.59 Å². The molecule has 0 bridgehead atoms. The first kappa shape index (κ1) is 16.7. The summed E-state index contributed by atoms with van der Waals surface area (Å²) in [7, 11) is 0. The number of aromatic nitrogens is 2. The third-order valence-electron chi connectivity index (χ3n) is 3.36. The van der Waals surface area contributed by atoms with E-state index in [9.17, 15) is 9.59 Å². The maximum absolute atomic E-state index is 12.1. The van der Waals surface area contributed by atoms with E-state index in [0.717, 1.165) is 5.69 Å². The van der Waals surface area contributed by atoms with Crippen LogP contribution in [0.4, 0.5) is 5.69 Å². The van der Waals surface area contributed by atoms with Crippen LogP contribution in [0.5, 0.6) is 0 Å². The Kier molecular flexibility index (Phi) is 4.83. The molecule has 0 aliphatic heterocycles. The van der Waals surface area contributed by atoms with E-state index < -0.39 is 11.5 Å². The zero-order chi connectivity index (χ0) is 17.0. The van der Waals surface area contributed by atoms with Crippen molar-refractivity contribution in [3.8, 4) is 5.69 Å². The summed E-state index contributed by atoms with van der Waals surface area (Å²) in [5.74, 6) is -0.409. The van der Waals surface area contributed by atoms with Gasteiger partial charge in [-0.2, -0.15) is 0 Å². The van der Waals surface area contributed by atoms with Crippen LogP contribution in [0, 0.1) is 5.41 Å². The number of benzene rings is 1. The van der Waals surface area contributed by atoms with Gasteiger partial charge in [-0.25, -0.2) is 4.98 Å². The molecule has 2 aromatic rings. The Hall–Kier alpha value is -2.63. The number of rotatable bonds is 4. The van der Waals surface area contributed by atoms with Gasteiger partial charge in [0.2, 0.25) is 11.8 Å². The lowest BCUT2D eigenvalue weighted by Crippen LogP contribution is -2.46. The van der Waals surface area contributed by atoms with Gasteiger partial charge in [-0.05, 0) is 31.2 Å². The Labute approximate surface area is 135 Å². The predicted molar refractivity (Wildman–Crippen MR) is 89.3 cm³/mol. The van der Waals surface area contributed by atoms with Crippen LogP contribution in [0.2, 0.25) is 0 Å². The zero-order valence-corrected chi connectivity index (χ0v) is 13.8. The number of anilines is 1. The Morgan fingerprint density at radius 1 is 1.17 bits per heavy atom. The number of nitrogens with one attached hydrogen (secondary N) is 2. The second kappa shape index (κ2) is 6.64. The van der Waals surface area contributed by atoms with Crippen LogP contribution >= 0.6 is 0 Å². The van der Waals surface area contributed by atoms with Gasteiger partial charge in [0.25, 0.3) is 0 Å². The van der Waals surface area contributed by atoms with E-state index in [2.05, 4.69) is 15.6 Å². The summed E-state index contributed by atoms with van der Waals surface area (Å²) < 4.78 is 1.87. The van der Waals surface area contributed by atoms with Crippen molar-refractivity contribution in [3.05, 3.63) is 43.0 Å². The Balaban J connectivity index is 1.96. The van der Waals surface area contributed by atoms with Gasteiger partial charge in [-0.15, -0.1) is 0 Å². The van der Waals surface area contributed by atoms with Crippen molar-refractivity contribution in [2.75, 3.05) is 5.32 Å². The molecule has 2 N–H and O–H groups in total. The standard InChI is InChI=1S/C17H22N4O2/c1-12(19-16(23)17(2,3)4)15(22)20-13-5-7-14(8-6-13)21-10-9-18-11-21/h5-12H,1-4H3,(H,19,23)(H,20,22). The van der Waals surface area contributed by atoms with E-state index in [4.69, 9.17) is 0 Å². The van der Waals surface area contributed by atoms with Crippen LogP contribution in [-0.4, -0.2) is 27.4 Å². The highest BCUT2D eigenvalue weighted by Crippen LogP contribution is 2.15. The third kappa shape index (κ3) is 4.42. The second-order valence-electron chi connectivity index (χ2n) is 6.45. The molecule has 0 aliphatic rings. The molecule has 0 saturated carbocycles. The molecule has 0 fully saturated rings. The fraction of sp³-hybridized carbons (Fsp3) is 0.353. The molecule has 0 saturated heterocycles. The molecule has 6 nitrogen and oxygen atoms in total. The molecule has 1 aromatic heterocycles. The largest absolute Gasteiger partial charge is 0.344 e. The highest BCUT2D eigenvalue weighted by atomic mass is 16.2. The van der Waals surface area contributed by atoms with Gasteiger partial charge in [0.1, 0.15) is 6.04 Å². The molecule has 122 valence electrons. The number of carbonyl (C=O) groups excluding carboxylic acids is 2. The molecule has 1 heterocycles. The van der Waals surface area contributed by atoms with Crippen LogP contribution in [0.3, 0.4) is 0 Å². The average Bonchev–Trinajstić information content (AvgIpc) is 3.01. The Morgan fingerprint density at radius 3 is 2.35 bits per heavy atom. The molecule has 0 spiro atoms. The molecule has 0 radical (unpaired) electrons. The minimum absolute atomic E-state index is 0.157. The Bertz CT molecular complexity index is 670. The highest BCUT2D eigenvalue weighted by molar-refractivity contribution is 5.97. The molecule has 1 atom stereocenters. The van der Waals surface area contributed by atoms with Crippen molar-refractivity contribution in [1.82, 2.24) is 14.9 Å². The summed E-state index contributed by atoms with van der Waals surface area (Å²) in [6, 6.07) is 6.79. The topological polar surface area (TPSA) is 76.0 Å². The molecular formula is C17H22N4O2. The monoisotopic (exact) mass is 314 g/mol. The summed E-state index contributed by atoms with van der Waals surface area (Å²) in [6.07, 6.45) is 5.25. The number of carbonyl (C=O) groups is 2.